The number of amides is 1. The first-order valence-electron chi connectivity index (χ1n) is 6.42. The molecule has 1 amide bonds. The molecule has 18 heavy (non-hydrogen) atoms. The van der Waals surface area contributed by atoms with Crippen molar-refractivity contribution in [3.05, 3.63) is 22.6 Å². The SMILES string of the molecule is CNCCC1CCCCN1C(=O)c1ccoc1Br. The van der Waals surface area contributed by atoms with E-state index in [1.807, 2.05) is 11.9 Å². The fourth-order valence-electron chi connectivity index (χ4n) is 2.48. The Labute approximate surface area is 116 Å². The lowest BCUT2D eigenvalue weighted by Crippen LogP contribution is -2.44. The van der Waals surface area contributed by atoms with Crippen molar-refractivity contribution in [1.82, 2.24) is 10.2 Å². The molecular weight excluding hydrogens is 296 g/mol. The third-order valence-corrected chi connectivity index (χ3v) is 4.08. The van der Waals surface area contributed by atoms with Gasteiger partial charge in [-0.1, -0.05) is 0 Å². The predicted molar refractivity (Wildman–Crippen MR) is 73.6 cm³/mol. The van der Waals surface area contributed by atoms with Gasteiger partial charge in [-0.3, -0.25) is 4.79 Å². The normalized spacial score (nSPS) is 20.1. The first-order chi connectivity index (χ1) is 8.74. The number of halogens is 1. The number of piperidine rings is 1. The molecule has 1 aliphatic rings. The highest BCUT2D eigenvalue weighted by Crippen LogP contribution is 2.25. The van der Waals surface area contributed by atoms with Crippen LogP contribution in [0.2, 0.25) is 0 Å². The van der Waals surface area contributed by atoms with Crippen LogP contribution in [-0.4, -0.2) is 37.0 Å². The number of nitrogens with one attached hydrogen (secondary N) is 1. The summed E-state index contributed by atoms with van der Waals surface area (Å²) >= 11 is 3.28. The summed E-state index contributed by atoms with van der Waals surface area (Å²) in [5, 5.41) is 3.15. The summed E-state index contributed by atoms with van der Waals surface area (Å²) in [6.45, 7) is 1.80. The van der Waals surface area contributed by atoms with Crippen LogP contribution >= 0.6 is 15.9 Å². The Hall–Kier alpha value is -0.810. The molecular formula is C13H19BrN2O2. The van der Waals surface area contributed by atoms with Crippen molar-refractivity contribution in [2.45, 2.75) is 31.7 Å². The minimum absolute atomic E-state index is 0.0800. The van der Waals surface area contributed by atoms with Crippen LogP contribution < -0.4 is 5.32 Å². The zero-order valence-corrected chi connectivity index (χ0v) is 12.2. The van der Waals surface area contributed by atoms with E-state index in [0.717, 1.165) is 32.4 Å². The van der Waals surface area contributed by atoms with Gasteiger partial charge in [0.25, 0.3) is 5.91 Å². The standard InChI is InChI=1S/C13H19BrN2O2/c1-15-7-5-10-4-2-3-8-16(10)13(17)11-6-9-18-12(11)14/h6,9-10,15H,2-5,7-8H2,1H3. The van der Waals surface area contributed by atoms with Crippen LogP contribution in [0.1, 0.15) is 36.0 Å². The summed E-state index contributed by atoms with van der Waals surface area (Å²) in [7, 11) is 1.95. The Morgan fingerprint density at radius 3 is 3.11 bits per heavy atom. The molecule has 0 aliphatic carbocycles. The van der Waals surface area contributed by atoms with Crippen LogP contribution in [0.25, 0.3) is 0 Å². The zero-order chi connectivity index (χ0) is 13.0. The number of hydrogen-bond acceptors (Lipinski definition) is 3. The van der Waals surface area contributed by atoms with Gasteiger partial charge in [0.1, 0.15) is 0 Å². The smallest absolute Gasteiger partial charge is 0.258 e. The zero-order valence-electron chi connectivity index (χ0n) is 10.6. The van der Waals surface area contributed by atoms with Crippen molar-refractivity contribution in [3.8, 4) is 0 Å². The molecule has 1 atom stereocenters. The highest BCUT2D eigenvalue weighted by molar-refractivity contribution is 9.10. The van der Waals surface area contributed by atoms with Gasteiger partial charge in [-0.05, 0) is 61.3 Å². The van der Waals surface area contributed by atoms with Gasteiger partial charge < -0.3 is 14.6 Å². The molecule has 1 saturated heterocycles. The first-order valence-corrected chi connectivity index (χ1v) is 7.22. The van der Waals surface area contributed by atoms with Crippen molar-refractivity contribution in [1.29, 1.82) is 0 Å². The van der Waals surface area contributed by atoms with E-state index in [0.29, 0.717) is 16.3 Å². The third-order valence-electron chi connectivity index (χ3n) is 3.46. The van der Waals surface area contributed by atoms with Crippen molar-refractivity contribution in [3.63, 3.8) is 0 Å². The second-order valence-electron chi connectivity index (χ2n) is 4.65. The van der Waals surface area contributed by atoms with Gasteiger partial charge in [-0.2, -0.15) is 0 Å². The fourth-order valence-corrected chi connectivity index (χ4v) is 2.89. The summed E-state index contributed by atoms with van der Waals surface area (Å²) in [5.41, 5.74) is 0.631. The van der Waals surface area contributed by atoms with Crippen molar-refractivity contribution in [2.75, 3.05) is 20.1 Å². The van der Waals surface area contributed by atoms with Crippen LogP contribution in [0.3, 0.4) is 0 Å². The number of likely N-dealkylation sites (tertiary alicyclic amines) is 1. The molecule has 1 N–H and O–H groups in total. The average Bonchev–Trinajstić information content (AvgIpc) is 2.82. The van der Waals surface area contributed by atoms with E-state index in [1.165, 1.54) is 6.42 Å². The summed E-state index contributed by atoms with van der Waals surface area (Å²) in [6, 6.07) is 2.08. The molecule has 2 rings (SSSR count). The number of carbonyl (C=O) groups excluding carboxylic acids is 1. The molecule has 1 unspecified atom stereocenters. The topological polar surface area (TPSA) is 45.5 Å². The van der Waals surface area contributed by atoms with Gasteiger partial charge in [0.2, 0.25) is 0 Å². The maximum atomic E-state index is 12.5. The van der Waals surface area contributed by atoms with Gasteiger partial charge >= 0.3 is 0 Å². The molecule has 2 heterocycles. The lowest BCUT2D eigenvalue weighted by Gasteiger charge is -2.35. The molecule has 0 spiro atoms. The van der Waals surface area contributed by atoms with Crippen molar-refractivity contribution >= 4 is 21.8 Å². The van der Waals surface area contributed by atoms with Gasteiger partial charge in [0.05, 0.1) is 11.8 Å². The van der Waals surface area contributed by atoms with Crippen LogP contribution in [0.15, 0.2) is 21.4 Å². The number of rotatable bonds is 4. The minimum atomic E-state index is 0.0800. The lowest BCUT2D eigenvalue weighted by molar-refractivity contribution is 0.0600. The Bertz CT molecular complexity index is 405. The Morgan fingerprint density at radius 2 is 2.44 bits per heavy atom. The summed E-state index contributed by atoms with van der Waals surface area (Å²) in [6.07, 6.45) is 5.96. The number of carbonyl (C=O) groups is 1. The van der Waals surface area contributed by atoms with E-state index in [4.69, 9.17) is 4.42 Å². The van der Waals surface area contributed by atoms with Crippen molar-refractivity contribution < 1.29 is 9.21 Å². The Morgan fingerprint density at radius 1 is 1.61 bits per heavy atom. The molecule has 0 saturated carbocycles. The van der Waals surface area contributed by atoms with Crippen LogP contribution in [0.4, 0.5) is 0 Å². The predicted octanol–water partition coefficient (Wildman–Crippen LogP) is 2.65. The summed E-state index contributed by atoms with van der Waals surface area (Å²) in [5.74, 6) is 0.0800. The fraction of sp³-hybridized carbons (Fsp3) is 0.615. The highest BCUT2D eigenvalue weighted by Gasteiger charge is 2.28. The Balaban J connectivity index is 2.08. The largest absolute Gasteiger partial charge is 0.457 e. The highest BCUT2D eigenvalue weighted by atomic mass is 79.9. The van der Waals surface area contributed by atoms with E-state index >= 15 is 0 Å². The van der Waals surface area contributed by atoms with Gasteiger partial charge in [0.15, 0.2) is 4.67 Å². The maximum Gasteiger partial charge on any atom is 0.258 e. The lowest BCUT2D eigenvalue weighted by atomic mass is 9.98. The van der Waals surface area contributed by atoms with E-state index in [9.17, 15) is 4.79 Å². The molecule has 1 fully saturated rings. The second-order valence-corrected chi connectivity index (χ2v) is 5.37. The Kier molecular flexibility index (Phi) is 4.83. The number of furan rings is 1. The monoisotopic (exact) mass is 314 g/mol. The average molecular weight is 315 g/mol. The van der Waals surface area contributed by atoms with E-state index in [1.54, 1.807) is 12.3 Å². The van der Waals surface area contributed by atoms with E-state index < -0.39 is 0 Å². The van der Waals surface area contributed by atoms with Crippen molar-refractivity contribution in [2.24, 2.45) is 0 Å². The molecule has 1 aromatic rings. The molecule has 0 aromatic carbocycles. The quantitative estimate of drug-likeness (QED) is 0.929. The molecule has 1 aliphatic heterocycles. The minimum Gasteiger partial charge on any atom is -0.457 e. The van der Waals surface area contributed by atoms with Crippen LogP contribution in [-0.2, 0) is 0 Å². The van der Waals surface area contributed by atoms with Crippen LogP contribution in [0, 0.1) is 0 Å². The number of hydrogen-bond donors (Lipinski definition) is 1. The van der Waals surface area contributed by atoms with E-state index in [-0.39, 0.29) is 5.91 Å². The van der Waals surface area contributed by atoms with Gasteiger partial charge in [-0.25, -0.2) is 0 Å². The number of nitrogens with zero attached hydrogens (tertiary/aromatic N) is 1. The summed E-state index contributed by atoms with van der Waals surface area (Å²) < 4.78 is 5.68. The molecule has 5 heteroatoms. The third kappa shape index (κ3) is 2.95. The first kappa shape index (κ1) is 13.6. The molecule has 0 bridgehead atoms. The van der Waals surface area contributed by atoms with Gasteiger partial charge in [0, 0.05) is 12.6 Å². The maximum absolute atomic E-state index is 12.5. The van der Waals surface area contributed by atoms with E-state index in [2.05, 4.69) is 21.2 Å². The van der Waals surface area contributed by atoms with Crippen LogP contribution in [0.5, 0.6) is 0 Å². The molecule has 4 nitrogen and oxygen atoms in total. The molecule has 1 aromatic heterocycles. The molecule has 0 radical (unpaired) electrons. The summed E-state index contributed by atoms with van der Waals surface area (Å²) in [4.78, 5) is 14.5. The molecule has 100 valence electrons. The van der Waals surface area contributed by atoms with Gasteiger partial charge in [-0.15, -0.1) is 0 Å². The second kappa shape index (κ2) is 6.38.